The minimum absolute atomic E-state index is 0.0314. The third-order valence-electron chi connectivity index (χ3n) is 4.65. The first kappa shape index (κ1) is 24.3. The Morgan fingerprint density at radius 1 is 1.10 bits per heavy atom. The van der Waals surface area contributed by atoms with Gasteiger partial charge in [0.25, 0.3) is 5.91 Å². The average molecular weight is 498 g/mol. The second-order valence-corrected chi connectivity index (χ2v) is 9.73. The Bertz CT molecular complexity index is 976. The van der Waals surface area contributed by atoms with Gasteiger partial charge in [-0.15, -0.1) is 0 Å². The number of sulfonamides is 1. The number of likely N-dealkylation sites (N-methyl/N-ethyl adjacent to an activating group) is 1. The summed E-state index contributed by atoms with van der Waals surface area (Å²) in [5.74, 6) is 0.147. The molecule has 0 spiro atoms. The maximum atomic E-state index is 12.8. The molecule has 2 aromatic rings. The van der Waals surface area contributed by atoms with E-state index in [-0.39, 0.29) is 10.5 Å². The van der Waals surface area contributed by atoms with Crippen LogP contribution < -0.4 is 10.1 Å². The highest BCUT2D eigenvalue weighted by atomic mass is 79.9. The Kier molecular flexibility index (Phi) is 8.84. The Morgan fingerprint density at radius 2 is 1.77 bits per heavy atom. The number of carbonyl (C=O) groups excluding carboxylic acids is 1. The molecule has 0 bridgehead atoms. The van der Waals surface area contributed by atoms with Crippen LogP contribution in [-0.4, -0.2) is 63.9 Å². The summed E-state index contributed by atoms with van der Waals surface area (Å²) in [5.41, 5.74) is 0.763. The van der Waals surface area contributed by atoms with Crippen LogP contribution in [0.15, 0.2) is 51.8 Å². The fourth-order valence-corrected chi connectivity index (χ4v) is 4.60. The lowest BCUT2D eigenvalue weighted by molar-refractivity contribution is 0.102. The summed E-state index contributed by atoms with van der Waals surface area (Å²) in [7, 11) is -0.803. The van der Waals surface area contributed by atoms with Crippen LogP contribution in [0.1, 0.15) is 24.2 Å². The van der Waals surface area contributed by atoms with Gasteiger partial charge in [-0.25, -0.2) is 12.7 Å². The molecule has 0 saturated heterocycles. The summed E-state index contributed by atoms with van der Waals surface area (Å²) in [6.07, 6.45) is 0. The van der Waals surface area contributed by atoms with Crippen molar-refractivity contribution in [2.75, 3.05) is 45.7 Å². The predicted octanol–water partition coefficient (Wildman–Crippen LogP) is 3.67. The molecule has 0 aliphatic carbocycles. The van der Waals surface area contributed by atoms with E-state index < -0.39 is 15.9 Å². The number of ether oxygens (including phenoxy) is 1. The number of para-hydroxylation sites is 2. The van der Waals surface area contributed by atoms with Crippen molar-refractivity contribution in [2.24, 2.45) is 0 Å². The van der Waals surface area contributed by atoms with Crippen molar-refractivity contribution in [3.05, 3.63) is 52.5 Å². The lowest BCUT2D eigenvalue weighted by Gasteiger charge is -2.19. The van der Waals surface area contributed by atoms with Crippen LogP contribution in [0.4, 0.5) is 5.69 Å². The van der Waals surface area contributed by atoms with Gasteiger partial charge in [-0.3, -0.25) is 4.79 Å². The molecule has 0 aliphatic rings. The summed E-state index contributed by atoms with van der Waals surface area (Å²) >= 11 is 3.25. The summed E-state index contributed by atoms with van der Waals surface area (Å²) in [6, 6.07) is 11.7. The third-order valence-corrected chi connectivity index (χ3v) is 7.46. The zero-order chi connectivity index (χ0) is 22.3. The maximum absolute atomic E-state index is 12.8. The first-order chi connectivity index (χ1) is 14.2. The molecule has 0 fully saturated rings. The van der Waals surface area contributed by atoms with E-state index in [1.807, 2.05) is 6.07 Å². The predicted molar refractivity (Wildman–Crippen MR) is 123 cm³/mol. The first-order valence-corrected chi connectivity index (χ1v) is 11.9. The molecular weight excluding hydrogens is 470 g/mol. The molecule has 1 amide bonds. The Balaban J connectivity index is 2.19. The number of halogens is 1. The molecule has 9 heteroatoms. The SMILES string of the molecule is CCN(CC)CCOc1ccccc1NC(=O)c1ccc(Br)c(S(=O)(=O)N(C)C)c1. The smallest absolute Gasteiger partial charge is 0.255 e. The van der Waals surface area contributed by atoms with Crippen LogP contribution in [0.3, 0.4) is 0 Å². The molecule has 164 valence electrons. The third kappa shape index (κ3) is 6.04. The van der Waals surface area contributed by atoms with E-state index in [9.17, 15) is 13.2 Å². The van der Waals surface area contributed by atoms with Crippen LogP contribution in [0.5, 0.6) is 5.75 Å². The number of anilines is 1. The van der Waals surface area contributed by atoms with Crippen LogP contribution in [0.2, 0.25) is 0 Å². The van der Waals surface area contributed by atoms with E-state index in [0.29, 0.717) is 22.5 Å². The number of hydrogen-bond donors (Lipinski definition) is 1. The van der Waals surface area contributed by atoms with Crippen LogP contribution in [-0.2, 0) is 10.0 Å². The lowest BCUT2D eigenvalue weighted by Crippen LogP contribution is -2.28. The molecule has 30 heavy (non-hydrogen) atoms. The Hall–Kier alpha value is -1.94. The zero-order valence-corrected chi connectivity index (χ0v) is 20.1. The quantitative estimate of drug-likeness (QED) is 0.541. The standard InChI is InChI=1S/C21H28BrN3O4S/c1-5-25(6-2)13-14-29-19-10-8-7-9-18(19)23-21(26)16-11-12-17(22)20(15-16)30(27,28)24(3)4/h7-12,15H,5-6,13-14H2,1-4H3,(H,23,26). The number of nitrogens with one attached hydrogen (secondary N) is 1. The normalized spacial score (nSPS) is 11.7. The number of rotatable bonds is 10. The van der Waals surface area contributed by atoms with E-state index in [1.165, 1.54) is 20.2 Å². The summed E-state index contributed by atoms with van der Waals surface area (Å²) < 4.78 is 32.4. The molecular formula is C21H28BrN3O4S. The summed E-state index contributed by atoms with van der Waals surface area (Å²) in [6.45, 7) is 7.37. The van der Waals surface area contributed by atoms with Gasteiger partial charge in [-0.2, -0.15) is 0 Å². The van der Waals surface area contributed by atoms with Crippen LogP contribution in [0.25, 0.3) is 0 Å². The summed E-state index contributed by atoms with van der Waals surface area (Å²) in [4.78, 5) is 15.1. The molecule has 7 nitrogen and oxygen atoms in total. The largest absolute Gasteiger partial charge is 0.490 e. The van der Waals surface area contributed by atoms with E-state index in [2.05, 4.69) is 40.0 Å². The van der Waals surface area contributed by atoms with E-state index in [0.717, 1.165) is 23.9 Å². The molecule has 0 heterocycles. The van der Waals surface area contributed by atoms with Gasteiger partial charge < -0.3 is 15.0 Å². The number of hydrogen-bond acceptors (Lipinski definition) is 5. The van der Waals surface area contributed by atoms with Crippen molar-refractivity contribution in [2.45, 2.75) is 18.7 Å². The van der Waals surface area contributed by atoms with Crippen molar-refractivity contribution >= 4 is 37.5 Å². The van der Waals surface area contributed by atoms with Crippen LogP contribution >= 0.6 is 15.9 Å². The number of carbonyl (C=O) groups is 1. The lowest BCUT2D eigenvalue weighted by atomic mass is 10.2. The zero-order valence-electron chi connectivity index (χ0n) is 17.7. The number of benzene rings is 2. The molecule has 0 unspecified atom stereocenters. The molecule has 2 aromatic carbocycles. The van der Waals surface area contributed by atoms with Gasteiger partial charge in [0.15, 0.2) is 0 Å². The number of amides is 1. The molecule has 0 aliphatic heterocycles. The van der Waals surface area contributed by atoms with Gasteiger partial charge in [0.05, 0.1) is 10.6 Å². The van der Waals surface area contributed by atoms with Crippen molar-refractivity contribution in [3.63, 3.8) is 0 Å². The van der Waals surface area contributed by atoms with Crippen LogP contribution in [0, 0.1) is 0 Å². The molecule has 0 atom stereocenters. The Morgan fingerprint density at radius 3 is 2.40 bits per heavy atom. The first-order valence-electron chi connectivity index (χ1n) is 9.68. The van der Waals surface area contributed by atoms with Crippen molar-refractivity contribution in [1.82, 2.24) is 9.21 Å². The molecule has 0 radical (unpaired) electrons. The molecule has 0 aromatic heterocycles. The highest BCUT2D eigenvalue weighted by Gasteiger charge is 2.22. The van der Waals surface area contributed by atoms with E-state index in [4.69, 9.17) is 4.74 Å². The van der Waals surface area contributed by atoms with Gasteiger partial charge in [0.2, 0.25) is 10.0 Å². The van der Waals surface area contributed by atoms with Gasteiger partial charge in [0.1, 0.15) is 12.4 Å². The minimum atomic E-state index is -3.69. The molecule has 1 N–H and O–H groups in total. The van der Waals surface area contributed by atoms with Gasteiger partial charge >= 0.3 is 0 Å². The summed E-state index contributed by atoms with van der Waals surface area (Å²) in [5, 5.41) is 2.82. The number of nitrogens with zero attached hydrogens (tertiary/aromatic N) is 2. The second-order valence-electron chi connectivity index (χ2n) is 6.76. The average Bonchev–Trinajstić information content (AvgIpc) is 2.72. The maximum Gasteiger partial charge on any atom is 0.255 e. The molecule has 2 rings (SSSR count). The highest BCUT2D eigenvalue weighted by Crippen LogP contribution is 2.27. The minimum Gasteiger partial charge on any atom is -0.490 e. The molecule has 0 saturated carbocycles. The Labute approximate surface area is 187 Å². The van der Waals surface area contributed by atoms with Gasteiger partial charge in [-0.1, -0.05) is 26.0 Å². The van der Waals surface area contributed by atoms with Gasteiger partial charge in [0, 0.05) is 30.7 Å². The van der Waals surface area contributed by atoms with Crippen molar-refractivity contribution in [3.8, 4) is 5.75 Å². The highest BCUT2D eigenvalue weighted by molar-refractivity contribution is 9.10. The van der Waals surface area contributed by atoms with Gasteiger partial charge in [-0.05, 0) is 59.4 Å². The topological polar surface area (TPSA) is 79.0 Å². The van der Waals surface area contributed by atoms with Crippen molar-refractivity contribution < 1.29 is 17.9 Å². The van der Waals surface area contributed by atoms with Crippen molar-refractivity contribution in [1.29, 1.82) is 0 Å². The monoisotopic (exact) mass is 497 g/mol. The van der Waals surface area contributed by atoms with E-state index >= 15 is 0 Å². The fourth-order valence-electron chi connectivity index (χ4n) is 2.75. The second kappa shape index (κ2) is 10.9. The van der Waals surface area contributed by atoms with E-state index in [1.54, 1.807) is 30.3 Å². The fraction of sp³-hybridized carbons (Fsp3) is 0.381.